The van der Waals surface area contributed by atoms with Gasteiger partial charge in [-0.15, -0.1) is 0 Å². The Bertz CT molecular complexity index is 1120. The maximum Gasteiger partial charge on any atom is 0.273 e. The fourth-order valence-electron chi connectivity index (χ4n) is 3.11. The SMILES string of the molecule is Cc1nn(C)c(C)c1-c1cc(C(=O)Nc2cccc3ncccc23)[nH]n1. The molecule has 0 saturated heterocycles. The van der Waals surface area contributed by atoms with E-state index in [1.165, 1.54) is 0 Å². The number of carbonyl (C=O) groups excluding carboxylic acids is 1. The van der Waals surface area contributed by atoms with Crippen LogP contribution in [0.3, 0.4) is 0 Å². The van der Waals surface area contributed by atoms with Crippen LogP contribution in [0.1, 0.15) is 21.9 Å². The van der Waals surface area contributed by atoms with Gasteiger partial charge in [0.2, 0.25) is 0 Å². The number of hydrogen-bond acceptors (Lipinski definition) is 4. The molecule has 0 bridgehead atoms. The number of carbonyl (C=O) groups is 1. The Morgan fingerprint density at radius 2 is 2.04 bits per heavy atom. The number of aryl methyl sites for hydroxylation is 2. The topological polar surface area (TPSA) is 88.5 Å². The molecule has 0 aliphatic carbocycles. The van der Waals surface area contributed by atoms with Gasteiger partial charge in [-0.25, -0.2) is 0 Å². The second-order valence-corrected chi connectivity index (χ2v) is 6.17. The third-order valence-corrected chi connectivity index (χ3v) is 4.48. The molecule has 2 N–H and O–H groups in total. The molecule has 0 atom stereocenters. The first-order valence-corrected chi connectivity index (χ1v) is 8.25. The van der Waals surface area contributed by atoms with Crippen molar-refractivity contribution in [3.63, 3.8) is 0 Å². The Morgan fingerprint density at radius 3 is 2.81 bits per heavy atom. The summed E-state index contributed by atoms with van der Waals surface area (Å²) in [5.41, 5.74) is 5.46. The van der Waals surface area contributed by atoms with E-state index < -0.39 is 0 Å². The predicted molar refractivity (Wildman–Crippen MR) is 100.0 cm³/mol. The Balaban J connectivity index is 1.64. The minimum Gasteiger partial charge on any atom is -0.320 e. The molecule has 0 saturated carbocycles. The van der Waals surface area contributed by atoms with Gasteiger partial charge >= 0.3 is 0 Å². The second kappa shape index (κ2) is 6.11. The van der Waals surface area contributed by atoms with Gasteiger partial charge < -0.3 is 5.32 Å². The number of aromatic amines is 1. The molecule has 3 heterocycles. The van der Waals surface area contributed by atoms with Crippen LogP contribution >= 0.6 is 0 Å². The Morgan fingerprint density at radius 1 is 1.19 bits per heavy atom. The van der Waals surface area contributed by atoms with Crippen molar-refractivity contribution in [2.75, 3.05) is 5.32 Å². The molecule has 0 aliphatic heterocycles. The number of benzene rings is 1. The van der Waals surface area contributed by atoms with Crippen LogP contribution in [0, 0.1) is 13.8 Å². The number of anilines is 1. The first-order chi connectivity index (χ1) is 12.5. The number of rotatable bonds is 3. The van der Waals surface area contributed by atoms with E-state index in [2.05, 4.69) is 25.6 Å². The highest BCUT2D eigenvalue weighted by molar-refractivity contribution is 6.08. The van der Waals surface area contributed by atoms with E-state index in [9.17, 15) is 4.79 Å². The maximum absolute atomic E-state index is 12.7. The third kappa shape index (κ3) is 2.63. The molecule has 3 aromatic heterocycles. The molecule has 1 amide bonds. The van der Waals surface area contributed by atoms with Crippen molar-refractivity contribution in [1.82, 2.24) is 25.0 Å². The van der Waals surface area contributed by atoms with Crippen LogP contribution in [0.2, 0.25) is 0 Å². The zero-order valence-corrected chi connectivity index (χ0v) is 14.7. The van der Waals surface area contributed by atoms with Crippen molar-refractivity contribution in [1.29, 1.82) is 0 Å². The lowest BCUT2D eigenvalue weighted by molar-refractivity contribution is 0.102. The molecule has 0 aliphatic rings. The average molecular weight is 346 g/mol. The Labute approximate surface area is 150 Å². The van der Waals surface area contributed by atoms with E-state index in [0.717, 1.165) is 27.9 Å². The molecule has 0 radical (unpaired) electrons. The lowest BCUT2D eigenvalue weighted by Crippen LogP contribution is -2.12. The summed E-state index contributed by atoms with van der Waals surface area (Å²) in [7, 11) is 1.89. The molecule has 1 aromatic carbocycles. The van der Waals surface area contributed by atoms with Crippen LogP contribution in [0.25, 0.3) is 22.2 Å². The van der Waals surface area contributed by atoms with Gasteiger partial charge in [-0.1, -0.05) is 6.07 Å². The Hall–Kier alpha value is -3.48. The van der Waals surface area contributed by atoms with Crippen molar-refractivity contribution in [3.8, 4) is 11.3 Å². The largest absolute Gasteiger partial charge is 0.320 e. The molecule has 26 heavy (non-hydrogen) atoms. The van der Waals surface area contributed by atoms with Crippen LogP contribution in [0.5, 0.6) is 0 Å². The minimum atomic E-state index is -0.251. The highest BCUT2D eigenvalue weighted by Gasteiger charge is 2.17. The van der Waals surface area contributed by atoms with Gasteiger partial charge in [0, 0.05) is 29.9 Å². The zero-order chi connectivity index (χ0) is 18.3. The number of nitrogens with one attached hydrogen (secondary N) is 2. The van der Waals surface area contributed by atoms with Gasteiger partial charge in [0.1, 0.15) is 5.69 Å². The highest BCUT2D eigenvalue weighted by Crippen LogP contribution is 2.26. The number of nitrogens with zero attached hydrogens (tertiary/aromatic N) is 4. The molecule has 7 heteroatoms. The van der Waals surface area contributed by atoms with Gasteiger partial charge in [-0.05, 0) is 44.2 Å². The number of H-pyrrole nitrogens is 1. The second-order valence-electron chi connectivity index (χ2n) is 6.17. The van der Waals surface area contributed by atoms with E-state index >= 15 is 0 Å². The molecular formula is C19H18N6O. The number of hydrogen-bond donors (Lipinski definition) is 2. The van der Waals surface area contributed by atoms with E-state index in [4.69, 9.17) is 0 Å². The molecule has 0 fully saturated rings. The van der Waals surface area contributed by atoms with Crippen LogP contribution in [-0.2, 0) is 7.05 Å². The van der Waals surface area contributed by atoms with Crippen LogP contribution in [0.4, 0.5) is 5.69 Å². The smallest absolute Gasteiger partial charge is 0.273 e. The number of fused-ring (bicyclic) bond motifs is 1. The minimum absolute atomic E-state index is 0.251. The molecule has 4 aromatic rings. The fourth-order valence-corrected chi connectivity index (χ4v) is 3.11. The molecule has 130 valence electrons. The van der Waals surface area contributed by atoms with Gasteiger partial charge in [0.05, 0.1) is 22.6 Å². The molecule has 4 rings (SSSR count). The van der Waals surface area contributed by atoms with Crippen molar-refractivity contribution in [3.05, 3.63) is 59.7 Å². The first kappa shape index (κ1) is 16.0. The fraction of sp³-hybridized carbons (Fsp3) is 0.158. The summed E-state index contributed by atoms with van der Waals surface area (Å²) >= 11 is 0. The van der Waals surface area contributed by atoms with E-state index in [1.54, 1.807) is 12.3 Å². The van der Waals surface area contributed by atoms with Gasteiger partial charge in [-0.3, -0.25) is 19.6 Å². The van der Waals surface area contributed by atoms with Crippen molar-refractivity contribution in [2.24, 2.45) is 7.05 Å². The monoisotopic (exact) mass is 346 g/mol. The van der Waals surface area contributed by atoms with Gasteiger partial charge in [-0.2, -0.15) is 10.2 Å². The normalized spacial score (nSPS) is 11.0. The summed E-state index contributed by atoms with van der Waals surface area (Å²) in [6.07, 6.45) is 1.73. The van der Waals surface area contributed by atoms with E-state index in [-0.39, 0.29) is 5.91 Å². The summed E-state index contributed by atoms with van der Waals surface area (Å²) < 4.78 is 1.81. The summed E-state index contributed by atoms with van der Waals surface area (Å²) in [5, 5.41) is 15.3. The van der Waals surface area contributed by atoms with E-state index in [0.29, 0.717) is 17.1 Å². The lowest BCUT2D eigenvalue weighted by Gasteiger charge is -2.06. The summed E-state index contributed by atoms with van der Waals surface area (Å²) in [6.45, 7) is 3.91. The average Bonchev–Trinajstić information content (AvgIpc) is 3.20. The first-order valence-electron chi connectivity index (χ1n) is 8.25. The van der Waals surface area contributed by atoms with Crippen molar-refractivity contribution >= 4 is 22.5 Å². The van der Waals surface area contributed by atoms with Gasteiger partial charge in [0.25, 0.3) is 5.91 Å². The molecule has 7 nitrogen and oxygen atoms in total. The van der Waals surface area contributed by atoms with E-state index in [1.807, 2.05) is 55.9 Å². The maximum atomic E-state index is 12.7. The Kier molecular flexibility index (Phi) is 3.76. The summed E-state index contributed by atoms with van der Waals surface area (Å²) in [4.78, 5) is 17.0. The van der Waals surface area contributed by atoms with Crippen LogP contribution in [-0.4, -0.2) is 30.9 Å². The highest BCUT2D eigenvalue weighted by atomic mass is 16.1. The zero-order valence-electron chi connectivity index (χ0n) is 14.7. The predicted octanol–water partition coefficient (Wildman–Crippen LogP) is 3.23. The standard InChI is InChI=1S/C19H18N6O/c1-11-18(12(2)25(3)24-11)16-10-17(23-22-16)19(26)21-15-8-4-7-14-13(15)6-5-9-20-14/h4-10H,1-3H3,(H,21,26)(H,22,23). The molecule has 0 spiro atoms. The number of pyridine rings is 1. The summed E-state index contributed by atoms with van der Waals surface area (Å²) in [5.74, 6) is -0.251. The van der Waals surface area contributed by atoms with Crippen LogP contribution < -0.4 is 5.32 Å². The quantitative estimate of drug-likeness (QED) is 0.596. The van der Waals surface area contributed by atoms with Crippen molar-refractivity contribution in [2.45, 2.75) is 13.8 Å². The number of amides is 1. The van der Waals surface area contributed by atoms with Crippen LogP contribution in [0.15, 0.2) is 42.6 Å². The van der Waals surface area contributed by atoms with Gasteiger partial charge in [0.15, 0.2) is 0 Å². The third-order valence-electron chi connectivity index (χ3n) is 4.48. The lowest BCUT2D eigenvalue weighted by atomic mass is 10.1. The molecule has 0 unspecified atom stereocenters. The number of aromatic nitrogens is 5. The molecular weight excluding hydrogens is 328 g/mol. The summed E-state index contributed by atoms with van der Waals surface area (Å²) in [6, 6.07) is 11.2. The van der Waals surface area contributed by atoms with Crippen molar-refractivity contribution < 1.29 is 4.79 Å².